The van der Waals surface area contributed by atoms with E-state index in [-0.39, 0.29) is 23.3 Å². The largest absolute Gasteiger partial charge is 0.376 e. The van der Waals surface area contributed by atoms with Gasteiger partial charge in [0.25, 0.3) is 0 Å². The molecule has 3 aliphatic rings. The van der Waals surface area contributed by atoms with Crippen molar-refractivity contribution in [2.45, 2.75) is 71.3 Å². The fraction of sp³-hybridized carbons (Fsp3) is 0.773. The first-order valence-electron chi connectivity index (χ1n) is 11.0. The summed E-state index contributed by atoms with van der Waals surface area (Å²) in [7, 11) is 0. The summed E-state index contributed by atoms with van der Waals surface area (Å²) in [6.07, 6.45) is 7.11. The third-order valence-corrected chi connectivity index (χ3v) is 7.14. The van der Waals surface area contributed by atoms with Crippen molar-refractivity contribution in [1.29, 1.82) is 0 Å². The van der Waals surface area contributed by atoms with Crippen LogP contribution in [-0.2, 0) is 20.7 Å². The van der Waals surface area contributed by atoms with Crippen LogP contribution in [0.2, 0.25) is 0 Å². The fourth-order valence-electron chi connectivity index (χ4n) is 5.19. The Kier molecular flexibility index (Phi) is 5.95. The number of amides is 2. The summed E-state index contributed by atoms with van der Waals surface area (Å²) in [4.78, 5) is 29.2. The van der Waals surface area contributed by atoms with Gasteiger partial charge in [0, 0.05) is 51.2 Å². The Morgan fingerprint density at radius 1 is 1.24 bits per heavy atom. The highest BCUT2D eigenvalue weighted by Crippen LogP contribution is 2.40. The van der Waals surface area contributed by atoms with Gasteiger partial charge < -0.3 is 19.1 Å². The van der Waals surface area contributed by atoms with Crippen LogP contribution in [0, 0.1) is 19.3 Å². The summed E-state index contributed by atoms with van der Waals surface area (Å²) < 4.78 is 10.9. The molecule has 3 saturated heterocycles. The second-order valence-corrected chi connectivity index (χ2v) is 9.09. The smallest absolute Gasteiger partial charge is 0.222 e. The molecule has 0 aromatic carbocycles. The Bertz CT molecular complexity index is 726. The molecule has 1 atom stereocenters. The zero-order valence-corrected chi connectivity index (χ0v) is 17.7. The molecule has 160 valence electrons. The van der Waals surface area contributed by atoms with Gasteiger partial charge in [-0.3, -0.25) is 9.59 Å². The standard InChI is InChI=1S/C22H33N3O4/c1-16-19(17(2)29-23-16)5-6-20(26)24-11-9-22(10-12-24)8-7-21(27)25(15-22)14-18-4-3-13-28-18/h18H,3-15H2,1-2H3/t18-/m0/s1. The van der Waals surface area contributed by atoms with Gasteiger partial charge in [0.2, 0.25) is 11.8 Å². The molecular weight excluding hydrogens is 370 g/mol. The number of aryl methyl sites for hydroxylation is 2. The van der Waals surface area contributed by atoms with Gasteiger partial charge in [-0.15, -0.1) is 0 Å². The second kappa shape index (κ2) is 8.46. The number of carbonyl (C=O) groups excluding carboxylic acids is 2. The lowest BCUT2D eigenvalue weighted by molar-refractivity contribution is -0.144. The maximum absolute atomic E-state index is 12.7. The van der Waals surface area contributed by atoms with Gasteiger partial charge in [0.05, 0.1) is 11.8 Å². The van der Waals surface area contributed by atoms with Crippen molar-refractivity contribution in [3.05, 3.63) is 17.0 Å². The van der Waals surface area contributed by atoms with Gasteiger partial charge >= 0.3 is 0 Å². The van der Waals surface area contributed by atoms with E-state index < -0.39 is 0 Å². The van der Waals surface area contributed by atoms with Crippen molar-refractivity contribution in [3.8, 4) is 0 Å². The van der Waals surface area contributed by atoms with Crippen LogP contribution in [-0.4, -0.2) is 65.7 Å². The quantitative estimate of drug-likeness (QED) is 0.755. The molecule has 0 saturated carbocycles. The summed E-state index contributed by atoms with van der Waals surface area (Å²) >= 11 is 0. The lowest BCUT2D eigenvalue weighted by atomic mass is 9.72. The Morgan fingerprint density at radius 3 is 2.69 bits per heavy atom. The van der Waals surface area contributed by atoms with Crippen LogP contribution >= 0.6 is 0 Å². The molecule has 7 heteroatoms. The molecule has 3 aliphatic heterocycles. The maximum atomic E-state index is 12.7. The molecule has 1 spiro atoms. The SMILES string of the molecule is Cc1noc(C)c1CCC(=O)N1CCC2(CCC(=O)N(C[C@@H]3CCCO3)C2)CC1. The van der Waals surface area contributed by atoms with Crippen LogP contribution in [0.15, 0.2) is 4.52 Å². The van der Waals surface area contributed by atoms with E-state index in [1.54, 1.807) is 0 Å². The van der Waals surface area contributed by atoms with Gasteiger partial charge in [0.1, 0.15) is 5.76 Å². The molecule has 7 nitrogen and oxygen atoms in total. The normalized spacial score (nSPS) is 24.5. The van der Waals surface area contributed by atoms with Crippen molar-refractivity contribution in [2.75, 3.05) is 32.8 Å². The zero-order chi connectivity index (χ0) is 20.4. The average Bonchev–Trinajstić information content (AvgIpc) is 3.34. The number of hydrogen-bond donors (Lipinski definition) is 0. The van der Waals surface area contributed by atoms with Crippen LogP contribution < -0.4 is 0 Å². The highest BCUT2D eigenvalue weighted by atomic mass is 16.5. The Morgan fingerprint density at radius 2 is 2.03 bits per heavy atom. The Labute approximate surface area is 172 Å². The number of carbonyl (C=O) groups is 2. The predicted octanol–water partition coefficient (Wildman–Crippen LogP) is 2.63. The molecule has 1 aromatic rings. The molecule has 0 unspecified atom stereocenters. The van der Waals surface area contributed by atoms with Crippen LogP contribution in [0.3, 0.4) is 0 Å². The van der Waals surface area contributed by atoms with Gasteiger partial charge in [-0.25, -0.2) is 0 Å². The van der Waals surface area contributed by atoms with Gasteiger partial charge in [-0.2, -0.15) is 0 Å². The number of nitrogens with zero attached hydrogens (tertiary/aromatic N) is 3. The van der Waals surface area contributed by atoms with E-state index in [0.29, 0.717) is 19.3 Å². The van der Waals surface area contributed by atoms with Crippen LogP contribution in [0.5, 0.6) is 0 Å². The number of piperidine rings is 2. The molecule has 29 heavy (non-hydrogen) atoms. The minimum atomic E-state index is 0.172. The first-order chi connectivity index (χ1) is 14.0. The van der Waals surface area contributed by atoms with Crippen molar-refractivity contribution in [1.82, 2.24) is 15.0 Å². The highest BCUT2D eigenvalue weighted by molar-refractivity contribution is 5.78. The number of hydrogen-bond acceptors (Lipinski definition) is 5. The Hall–Kier alpha value is -1.89. The summed E-state index contributed by atoms with van der Waals surface area (Å²) in [6, 6.07) is 0. The predicted molar refractivity (Wildman–Crippen MR) is 107 cm³/mol. The molecule has 0 radical (unpaired) electrons. The van der Waals surface area contributed by atoms with Gasteiger partial charge in [-0.05, 0) is 57.8 Å². The van der Waals surface area contributed by atoms with Crippen molar-refractivity contribution < 1.29 is 18.8 Å². The Balaban J connectivity index is 1.28. The lowest BCUT2D eigenvalue weighted by Crippen LogP contribution is -2.53. The van der Waals surface area contributed by atoms with E-state index in [1.807, 2.05) is 23.6 Å². The van der Waals surface area contributed by atoms with Gasteiger partial charge in [-0.1, -0.05) is 5.16 Å². The van der Waals surface area contributed by atoms with E-state index in [0.717, 1.165) is 81.9 Å². The number of likely N-dealkylation sites (tertiary alicyclic amines) is 2. The minimum absolute atomic E-state index is 0.172. The maximum Gasteiger partial charge on any atom is 0.222 e. The first-order valence-corrected chi connectivity index (χ1v) is 11.0. The molecule has 0 bridgehead atoms. The van der Waals surface area contributed by atoms with E-state index in [2.05, 4.69) is 5.16 Å². The monoisotopic (exact) mass is 403 g/mol. The molecule has 1 aromatic heterocycles. The number of ether oxygens (including phenoxy) is 1. The number of rotatable bonds is 5. The van der Waals surface area contributed by atoms with E-state index in [1.165, 1.54) is 0 Å². The topological polar surface area (TPSA) is 75.9 Å². The van der Waals surface area contributed by atoms with Crippen LogP contribution in [0.25, 0.3) is 0 Å². The first kappa shape index (κ1) is 20.4. The molecule has 0 N–H and O–H groups in total. The summed E-state index contributed by atoms with van der Waals surface area (Å²) in [5, 5.41) is 3.97. The molecule has 4 heterocycles. The molecule has 0 aliphatic carbocycles. The van der Waals surface area contributed by atoms with Crippen molar-refractivity contribution in [3.63, 3.8) is 0 Å². The van der Waals surface area contributed by atoms with E-state index in [4.69, 9.17) is 9.26 Å². The van der Waals surface area contributed by atoms with Crippen LogP contribution in [0.1, 0.15) is 62.0 Å². The molecule has 3 fully saturated rings. The van der Waals surface area contributed by atoms with Crippen molar-refractivity contribution >= 4 is 11.8 Å². The molecule has 2 amide bonds. The fourth-order valence-corrected chi connectivity index (χ4v) is 5.19. The third kappa shape index (κ3) is 4.49. The van der Waals surface area contributed by atoms with Crippen molar-refractivity contribution in [2.24, 2.45) is 5.41 Å². The third-order valence-electron chi connectivity index (χ3n) is 7.14. The molecule has 4 rings (SSSR count). The summed E-state index contributed by atoms with van der Waals surface area (Å²) in [5.74, 6) is 1.29. The minimum Gasteiger partial charge on any atom is -0.376 e. The average molecular weight is 404 g/mol. The highest BCUT2D eigenvalue weighted by Gasteiger charge is 2.42. The summed E-state index contributed by atoms with van der Waals surface area (Å²) in [6.45, 7) is 7.80. The van der Waals surface area contributed by atoms with E-state index in [9.17, 15) is 9.59 Å². The summed E-state index contributed by atoms with van der Waals surface area (Å²) in [5.41, 5.74) is 2.11. The van der Waals surface area contributed by atoms with Gasteiger partial charge in [0.15, 0.2) is 0 Å². The molecular formula is C22H33N3O4. The lowest BCUT2D eigenvalue weighted by Gasteiger charge is -2.47. The number of aromatic nitrogens is 1. The van der Waals surface area contributed by atoms with Crippen LogP contribution in [0.4, 0.5) is 0 Å². The second-order valence-electron chi connectivity index (χ2n) is 9.09. The van der Waals surface area contributed by atoms with E-state index >= 15 is 0 Å². The zero-order valence-electron chi connectivity index (χ0n) is 17.7.